The van der Waals surface area contributed by atoms with Crippen LogP contribution < -0.4 is 20.1 Å². The molecule has 0 bridgehead atoms. The molecule has 7 nitrogen and oxygen atoms in total. The van der Waals surface area contributed by atoms with E-state index in [2.05, 4.69) is 10.6 Å². The highest BCUT2D eigenvalue weighted by atomic mass is 35.5. The second-order valence-corrected chi connectivity index (χ2v) is 8.64. The van der Waals surface area contributed by atoms with Gasteiger partial charge in [0.2, 0.25) is 0 Å². The van der Waals surface area contributed by atoms with Crippen LogP contribution in [0.25, 0.3) is 6.08 Å². The zero-order chi connectivity index (χ0) is 26.2. The van der Waals surface area contributed by atoms with Gasteiger partial charge in [-0.3, -0.25) is 9.59 Å². The molecule has 0 heterocycles. The van der Waals surface area contributed by atoms with Crippen molar-refractivity contribution in [2.45, 2.75) is 13.8 Å². The van der Waals surface area contributed by atoms with Crippen molar-refractivity contribution in [2.24, 2.45) is 0 Å². The average Bonchev–Trinajstić information content (AvgIpc) is 2.84. The minimum atomic E-state index is -0.599. The smallest absolute Gasteiger partial charge is 0.266 e. The number of halogens is 2. The number of hydrogen-bond acceptors (Lipinski definition) is 5. The van der Waals surface area contributed by atoms with Crippen LogP contribution in [0.1, 0.15) is 16.7 Å². The van der Waals surface area contributed by atoms with Gasteiger partial charge in [0.05, 0.1) is 17.2 Å². The standard InChI is InChI=1S/C27H23Cl2N3O4/c1-16-4-9-24(17(2)10-16)32-25(33)15-36-26-22(28)12-18(13-23(26)29)11-19(14-30)27(34)31-20-5-7-21(35-3)8-6-20/h4-13H,15H2,1-3H3,(H,31,34)(H,32,33)/b19-11-. The quantitative estimate of drug-likeness (QED) is 0.271. The fraction of sp³-hybridized carbons (Fsp3) is 0.148. The molecule has 0 saturated heterocycles. The molecule has 2 N–H and O–H groups in total. The van der Waals surface area contributed by atoms with E-state index in [1.54, 1.807) is 24.3 Å². The summed E-state index contributed by atoms with van der Waals surface area (Å²) in [6.07, 6.45) is 1.35. The van der Waals surface area contributed by atoms with Crippen LogP contribution in [0, 0.1) is 25.2 Å². The molecule has 0 aliphatic heterocycles. The molecule has 0 radical (unpaired) electrons. The molecule has 0 spiro atoms. The normalized spacial score (nSPS) is 10.8. The van der Waals surface area contributed by atoms with Crippen LogP contribution in [0.5, 0.6) is 11.5 Å². The monoisotopic (exact) mass is 523 g/mol. The Balaban J connectivity index is 1.68. The van der Waals surface area contributed by atoms with Crippen LogP contribution in [0.15, 0.2) is 60.2 Å². The predicted molar refractivity (Wildman–Crippen MR) is 142 cm³/mol. The summed E-state index contributed by atoms with van der Waals surface area (Å²) >= 11 is 12.6. The van der Waals surface area contributed by atoms with Crippen molar-refractivity contribution in [3.8, 4) is 17.6 Å². The number of aryl methyl sites for hydroxylation is 2. The molecular weight excluding hydrogens is 501 g/mol. The highest BCUT2D eigenvalue weighted by Crippen LogP contribution is 2.35. The molecule has 0 atom stereocenters. The summed E-state index contributed by atoms with van der Waals surface area (Å²) in [5.41, 5.74) is 3.47. The maximum atomic E-state index is 12.5. The van der Waals surface area contributed by atoms with E-state index in [4.69, 9.17) is 32.7 Å². The molecule has 9 heteroatoms. The van der Waals surface area contributed by atoms with Gasteiger partial charge >= 0.3 is 0 Å². The van der Waals surface area contributed by atoms with E-state index in [1.807, 2.05) is 38.1 Å². The first-order valence-electron chi connectivity index (χ1n) is 10.8. The van der Waals surface area contributed by atoms with E-state index in [0.29, 0.717) is 22.7 Å². The van der Waals surface area contributed by atoms with Crippen molar-refractivity contribution >= 4 is 52.5 Å². The number of rotatable bonds is 8. The first kappa shape index (κ1) is 26.6. The first-order valence-corrected chi connectivity index (χ1v) is 11.5. The van der Waals surface area contributed by atoms with Gasteiger partial charge in [0, 0.05) is 11.4 Å². The van der Waals surface area contributed by atoms with Crippen molar-refractivity contribution in [3.63, 3.8) is 0 Å². The number of nitrogens with one attached hydrogen (secondary N) is 2. The number of ether oxygens (including phenoxy) is 2. The van der Waals surface area contributed by atoms with Gasteiger partial charge in [0.25, 0.3) is 11.8 Å². The van der Waals surface area contributed by atoms with E-state index in [-0.39, 0.29) is 33.9 Å². The third-order valence-electron chi connectivity index (χ3n) is 5.05. The van der Waals surface area contributed by atoms with Crippen molar-refractivity contribution in [1.29, 1.82) is 5.26 Å². The first-order chi connectivity index (χ1) is 17.2. The van der Waals surface area contributed by atoms with Gasteiger partial charge in [-0.15, -0.1) is 0 Å². The van der Waals surface area contributed by atoms with Crippen LogP contribution in [0.2, 0.25) is 10.0 Å². The summed E-state index contributed by atoms with van der Waals surface area (Å²) in [6, 6.07) is 17.2. The maximum absolute atomic E-state index is 12.5. The van der Waals surface area contributed by atoms with Crippen molar-refractivity contribution in [2.75, 3.05) is 24.4 Å². The third kappa shape index (κ3) is 7.01. The molecule has 0 aromatic heterocycles. The molecule has 36 heavy (non-hydrogen) atoms. The van der Waals surface area contributed by atoms with Gasteiger partial charge in [-0.1, -0.05) is 40.9 Å². The predicted octanol–water partition coefficient (Wildman–Crippen LogP) is 6.18. The highest BCUT2D eigenvalue weighted by Gasteiger charge is 2.15. The molecule has 0 saturated carbocycles. The van der Waals surface area contributed by atoms with Crippen LogP contribution >= 0.6 is 23.2 Å². The number of methoxy groups -OCH3 is 1. The lowest BCUT2D eigenvalue weighted by Crippen LogP contribution is -2.20. The Morgan fingerprint density at radius 3 is 2.25 bits per heavy atom. The lowest BCUT2D eigenvalue weighted by atomic mass is 10.1. The lowest BCUT2D eigenvalue weighted by Gasteiger charge is -2.12. The van der Waals surface area contributed by atoms with Gasteiger partial charge in [-0.25, -0.2) is 0 Å². The summed E-state index contributed by atoms with van der Waals surface area (Å²) in [4.78, 5) is 24.9. The average molecular weight is 524 g/mol. The Morgan fingerprint density at radius 2 is 1.67 bits per heavy atom. The van der Waals surface area contributed by atoms with E-state index in [1.165, 1.54) is 25.3 Å². The number of carbonyl (C=O) groups excluding carboxylic acids is 2. The second-order valence-electron chi connectivity index (χ2n) is 7.82. The fourth-order valence-corrected chi connectivity index (χ4v) is 3.88. The molecule has 0 aliphatic carbocycles. The van der Waals surface area contributed by atoms with Gasteiger partial charge in [-0.05, 0) is 73.5 Å². The van der Waals surface area contributed by atoms with Gasteiger partial charge in [-0.2, -0.15) is 5.26 Å². The largest absolute Gasteiger partial charge is 0.497 e. The van der Waals surface area contributed by atoms with Crippen LogP contribution in [0.3, 0.4) is 0 Å². The van der Waals surface area contributed by atoms with Gasteiger partial charge in [0.1, 0.15) is 17.4 Å². The molecule has 0 aliphatic rings. The van der Waals surface area contributed by atoms with E-state index >= 15 is 0 Å². The number of benzene rings is 3. The topological polar surface area (TPSA) is 100 Å². The van der Waals surface area contributed by atoms with E-state index in [0.717, 1.165) is 11.1 Å². The molecule has 3 aromatic carbocycles. The number of nitriles is 1. The molecule has 0 fully saturated rings. The second kappa shape index (κ2) is 12.1. The van der Waals surface area contributed by atoms with Crippen LogP contribution in [-0.2, 0) is 9.59 Å². The van der Waals surface area contributed by atoms with Crippen LogP contribution in [0.4, 0.5) is 11.4 Å². The van der Waals surface area contributed by atoms with Crippen molar-refractivity contribution in [3.05, 3.63) is 86.9 Å². The molecule has 3 rings (SSSR count). The number of amides is 2. The number of hydrogen-bond donors (Lipinski definition) is 2. The zero-order valence-electron chi connectivity index (χ0n) is 19.8. The minimum Gasteiger partial charge on any atom is -0.497 e. The summed E-state index contributed by atoms with van der Waals surface area (Å²) in [6.45, 7) is 3.56. The van der Waals surface area contributed by atoms with Gasteiger partial charge in [0.15, 0.2) is 12.4 Å². The molecule has 3 aromatic rings. The number of nitrogens with zero attached hydrogens (tertiary/aromatic N) is 1. The SMILES string of the molecule is COc1ccc(NC(=O)/C(C#N)=C\c2cc(Cl)c(OCC(=O)Nc3ccc(C)cc3C)c(Cl)c2)cc1. The number of carbonyl (C=O) groups is 2. The van der Waals surface area contributed by atoms with E-state index in [9.17, 15) is 14.9 Å². The minimum absolute atomic E-state index is 0.118. The Hall–Kier alpha value is -3.99. The Bertz CT molecular complexity index is 1340. The maximum Gasteiger partial charge on any atom is 0.266 e. The van der Waals surface area contributed by atoms with E-state index < -0.39 is 5.91 Å². The number of anilines is 2. The lowest BCUT2D eigenvalue weighted by molar-refractivity contribution is -0.118. The fourth-order valence-electron chi connectivity index (χ4n) is 3.27. The molecule has 0 unspecified atom stereocenters. The summed E-state index contributed by atoms with van der Waals surface area (Å²) in [5.74, 6) is -0.218. The van der Waals surface area contributed by atoms with Crippen molar-refractivity contribution in [1.82, 2.24) is 0 Å². The highest BCUT2D eigenvalue weighted by molar-refractivity contribution is 6.37. The molecule has 2 amide bonds. The summed E-state index contributed by atoms with van der Waals surface area (Å²) in [5, 5.41) is 15.2. The molecule has 184 valence electrons. The Labute approximate surface area is 219 Å². The zero-order valence-corrected chi connectivity index (χ0v) is 21.3. The molecular formula is C27H23Cl2N3O4. The summed E-state index contributed by atoms with van der Waals surface area (Å²) < 4.78 is 10.6. The van der Waals surface area contributed by atoms with Crippen molar-refractivity contribution < 1.29 is 19.1 Å². The van der Waals surface area contributed by atoms with Gasteiger partial charge < -0.3 is 20.1 Å². The summed E-state index contributed by atoms with van der Waals surface area (Å²) in [7, 11) is 1.54. The Kier molecular flexibility index (Phi) is 8.96. The van der Waals surface area contributed by atoms with Crippen LogP contribution in [-0.4, -0.2) is 25.5 Å². The Morgan fingerprint density at radius 1 is 1.00 bits per heavy atom. The third-order valence-corrected chi connectivity index (χ3v) is 5.61.